The number of H-pyrrole nitrogens is 4. The van der Waals surface area contributed by atoms with E-state index < -0.39 is 5.97 Å². The average Bonchev–Trinajstić information content (AvgIpc) is 3.52. The van der Waals surface area contributed by atoms with Gasteiger partial charge in [-0.3, -0.25) is 4.79 Å². The van der Waals surface area contributed by atoms with E-state index >= 15 is 0 Å². The van der Waals surface area contributed by atoms with E-state index in [1.54, 1.807) is 0 Å². The molecule has 38 heavy (non-hydrogen) atoms. The van der Waals surface area contributed by atoms with Crippen LogP contribution in [0.3, 0.4) is 0 Å². The van der Waals surface area contributed by atoms with Crippen LogP contribution >= 0.6 is 0 Å². The van der Waals surface area contributed by atoms with Crippen molar-refractivity contribution < 1.29 is 9.90 Å². The van der Waals surface area contributed by atoms with E-state index in [1.165, 1.54) is 56.3 Å². The minimum absolute atomic E-state index is 0.114. The fourth-order valence-electron chi connectivity index (χ4n) is 6.19. The number of nitrogens with one attached hydrogen (secondary N) is 4. The molecule has 5 heterocycles. The zero-order valence-corrected chi connectivity index (χ0v) is 23.2. The van der Waals surface area contributed by atoms with Crippen molar-refractivity contribution in [2.45, 2.75) is 73.1 Å². The fraction of sp³-hybridized carbons (Fsp3) is 0.344. The predicted octanol–water partition coefficient (Wildman–Crippen LogP) is 6.52. The average molecular weight is 511 g/mol. The number of hydrogen-bond acceptors (Lipinski definition) is 1. The molecule has 0 saturated heterocycles. The molecule has 0 aromatic carbocycles. The van der Waals surface area contributed by atoms with Gasteiger partial charge in [-0.15, -0.1) is 0 Å². The summed E-state index contributed by atoms with van der Waals surface area (Å²) in [5, 5.41) is 9.42. The lowest BCUT2D eigenvalue weighted by Crippen LogP contribution is -2.02. The van der Waals surface area contributed by atoms with Gasteiger partial charge in [0.1, 0.15) is 0 Å². The summed E-state index contributed by atoms with van der Waals surface area (Å²) in [5.41, 5.74) is 18.8. The van der Waals surface area contributed by atoms with Gasteiger partial charge < -0.3 is 25.0 Å². The van der Waals surface area contributed by atoms with Crippen LogP contribution in [-0.2, 0) is 36.9 Å². The van der Waals surface area contributed by atoms with Gasteiger partial charge in [0.25, 0.3) is 0 Å². The molecule has 0 unspecified atom stereocenters. The monoisotopic (exact) mass is 510 g/mol. The number of aliphatic carboxylic acids is 1. The molecule has 0 radical (unpaired) electrons. The lowest BCUT2D eigenvalue weighted by molar-refractivity contribution is -0.136. The molecule has 6 nitrogen and oxygen atoms in total. The number of rotatable bonds is 5. The van der Waals surface area contributed by atoms with Crippen LogP contribution in [0.5, 0.6) is 0 Å². The molecule has 5 rings (SSSR count). The van der Waals surface area contributed by atoms with Crippen molar-refractivity contribution in [1.29, 1.82) is 0 Å². The maximum atomic E-state index is 11.5. The van der Waals surface area contributed by atoms with Gasteiger partial charge in [0, 0.05) is 77.7 Å². The van der Waals surface area contributed by atoms with E-state index in [1.807, 2.05) is 12.2 Å². The minimum atomic E-state index is -0.774. The SMILES string of the molecule is C=Cc1c2[nH]c(c1C)Cc1[nH]c(c(C)c1C)Cc1[nH]c(c(C)c1CCC(=O)O)Cc1[nH]c(c(C)c1C=C)C2. The first-order chi connectivity index (χ1) is 18.1. The third kappa shape index (κ3) is 4.28. The van der Waals surface area contributed by atoms with Crippen LogP contribution in [0.25, 0.3) is 12.2 Å². The summed E-state index contributed by atoms with van der Waals surface area (Å²) in [7, 11) is 0. The first kappa shape index (κ1) is 25.7. The van der Waals surface area contributed by atoms with Gasteiger partial charge in [-0.2, -0.15) is 0 Å². The molecule has 0 amide bonds. The molecular weight excluding hydrogens is 472 g/mol. The van der Waals surface area contributed by atoms with Crippen molar-refractivity contribution in [3.8, 4) is 0 Å². The zero-order chi connectivity index (χ0) is 27.3. The topological polar surface area (TPSA) is 100 Å². The van der Waals surface area contributed by atoms with Crippen molar-refractivity contribution in [2.75, 3.05) is 0 Å². The summed E-state index contributed by atoms with van der Waals surface area (Å²) < 4.78 is 0. The molecule has 4 aromatic rings. The first-order valence-electron chi connectivity index (χ1n) is 13.4. The van der Waals surface area contributed by atoms with Crippen LogP contribution in [-0.4, -0.2) is 31.0 Å². The van der Waals surface area contributed by atoms with Crippen molar-refractivity contribution in [1.82, 2.24) is 19.9 Å². The summed E-state index contributed by atoms with van der Waals surface area (Å²) >= 11 is 0. The number of aromatic nitrogens is 4. The summed E-state index contributed by atoms with van der Waals surface area (Å²) in [6.45, 7) is 19.0. The van der Waals surface area contributed by atoms with Crippen LogP contribution < -0.4 is 0 Å². The maximum Gasteiger partial charge on any atom is 0.303 e. The number of fused-ring (bicyclic) bond motifs is 8. The molecule has 198 valence electrons. The van der Waals surface area contributed by atoms with Gasteiger partial charge in [0.15, 0.2) is 0 Å². The third-order valence-electron chi connectivity index (χ3n) is 8.72. The molecule has 0 fully saturated rings. The Labute approximate surface area is 224 Å². The predicted molar refractivity (Wildman–Crippen MR) is 154 cm³/mol. The molecule has 6 heteroatoms. The second-order valence-corrected chi connectivity index (χ2v) is 10.8. The highest BCUT2D eigenvalue weighted by atomic mass is 16.4. The van der Waals surface area contributed by atoms with Gasteiger partial charge in [-0.1, -0.05) is 25.3 Å². The number of carbonyl (C=O) groups is 1. The summed E-state index contributed by atoms with van der Waals surface area (Å²) in [4.78, 5) is 26.4. The molecule has 4 aromatic heterocycles. The van der Waals surface area contributed by atoms with Gasteiger partial charge in [-0.25, -0.2) is 0 Å². The Kier molecular flexibility index (Phi) is 6.59. The Morgan fingerprint density at radius 2 is 1.00 bits per heavy atom. The van der Waals surface area contributed by atoms with E-state index in [4.69, 9.17) is 0 Å². The van der Waals surface area contributed by atoms with Gasteiger partial charge in [0.2, 0.25) is 0 Å². The van der Waals surface area contributed by atoms with Crippen LogP contribution in [0.1, 0.15) is 96.5 Å². The largest absolute Gasteiger partial charge is 0.481 e. The molecule has 8 bridgehead atoms. The number of aromatic amines is 4. The molecule has 1 aliphatic rings. The lowest BCUT2D eigenvalue weighted by Gasteiger charge is -2.05. The summed E-state index contributed by atoms with van der Waals surface area (Å²) in [5.74, 6) is -0.774. The number of carboxylic acids is 1. The number of carboxylic acid groups (broad SMARTS) is 1. The van der Waals surface area contributed by atoms with Crippen LogP contribution in [0, 0.1) is 34.6 Å². The molecule has 0 saturated carbocycles. The van der Waals surface area contributed by atoms with E-state index in [0.717, 1.165) is 46.6 Å². The Hall–Kier alpha value is -3.93. The van der Waals surface area contributed by atoms with Crippen LogP contribution in [0.4, 0.5) is 0 Å². The second kappa shape index (κ2) is 9.75. The normalized spacial score (nSPS) is 13.1. The Morgan fingerprint density at radius 3 is 1.47 bits per heavy atom. The number of hydrogen-bond donors (Lipinski definition) is 5. The van der Waals surface area contributed by atoms with Crippen molar-refractivity contribution >= 4 is 18.1 Å². The maximum absolute atomic E-state index is 11.5. The highest BCUT2D eigenvalue weighted by Gasteiger charge is 2.23. The van der Waals surface area contributed by atoms with Crippen molar-refractivity contribution in [2.24, 2.45) is 0 Å². The van der Waals surface area contributed by atoms with Crippen LogP contribution in [0.2, 0.25) is 0 Å². The molecule has 5 N–H and O–H groups in total. The molecule has 1 aliphatic heterocycles. The summed E-state index contributed by atoms with van der Waals surface area (Å²) in [6.07, 6.45) is 7.47. The van der Waals surface area contributed by atoms with Gasteiger partial charge in [-0.05, 0) is 85.5 Å². The Balaban J connectivity index is 1.71. The highest BCUT2D eigenvalue weighted by molar-refractivity contribution is 5.67. The molecule has 0 spiro atoms. The first-order valence-corrected chi connectivity index (χ1v) is 13.4. The van der Waals surface area contributed by atoms with E-state index in [2.05, 4.69) is 67.7 Å². The molecular formula is C32H38N4O2. The van der Waals surface area contributed by atoms with Crippen LogP contribution in [0.15, 0.2) is 13.2 Å². The fourth-order valence-corrected chi connectivity index (χ4v) is 6.19. The minimum Gasteiger partial charge on any atom is -0.481 e. The highest BCUT2D eigenvalue weighted by Crippen LogP contribution is 2.32. The second-order valence-electron chi connectivity index (χ2n) is 10.8. The van der Waals surface area contributed by atoms with Crippen molar-refractivity contribution in [3.63, 3.8) is 0 Å². The summed E-state index contributed by atoms with van der Waals surface area (Å²) in [6, 6.07) is 0. The smallest absolute Gasteiger partial charge is 0.303 e. The Bertz CT molecular complexity index is 1580. The lowest BCUT2D eigenvalue weighted by atomic mass is 9.99. The molecule has 0 aliphatic carbocycles. The Morgan fingerprint density at radius 1 is 0.632 bits per heavy atom. The zero-order valence-electron chi connectivity index (χ0n) is 23.2. The van der Waals surface area contributed by atoms with Gasteiger partial charge in [0.05, 0.1) is 0 Å². The van der Waals surface area contributed by atoms with Crippen molar-refractivity contribution in [3.05, 3.63) is 103 Å². The third-order valence-corrected chi connectivity index (χ3v) is 8.72. The van der Waals surface area contributed by atoms with E-state index in [-0.39, 0.29) is 6.42 Å². The van der Waals surface area contributed by atoms with E-state index in [0.29, 0.717) is 19.3 Å². The van der Waals surface area contributed by atoms with Gasteiger partial charge >= 0.3 is 5.97 Å². The quantitative estimate of drug-likeness (QED) is 0.186. The molecule has 0 atom stereocenters. The standard InChI is InChI=1S/C32H38N4O2/c1-8-21-18(5)26-12-24-16(3)17(4)25(33-24)13-31-23(10-11-32(37)38)20(7)28(36-31)15-30-22(9-2)19(6)27(35-30)14-29(21)34-26/h8-9,33-36H,1-2,10-15H2,3-7H3,(H,37,38). The van der Waals surface area contributed by atoms with E-state index in [9.17, 15) is 9.90 Å².